The van der Waals surface area contributed by atoms with Crippen molar-refractivity contribution in [1.82, 2.24) is 9.55 Å². The molecule has 4 nitrogen and oxygen atoms in total. The monoisotopic (exact) mass is 227 g/mol. The molecular weight excluding hydrogens is 214 g/mol. The molecule has 17 heavy (non-hydrogen) atoms. The van der Waals surface area contributed by atoms with Crippen LogP contribution in [0.1, 0.15) is 16.1 Å². The number of anilines is 1. The largest absolute Gasteiger partial charge is 0.340 e. The van der Waals surface area contributed by atoms with Gasteiger partial charge in [0.25, 0.3) is 5.91 Å². The van der Waals surface area contributed by atoms with Gasteiger partial charge in [-0.2, -0.15) is 0 Å². The molecule has 0 radical (unpaired) electrons. The van der Waals surface area contributed by atoms with Gasteiger partial charge in [-0.05, 0) is 18.1 Å². The number of carbonyl (C=O) groups is 1. The minimum absolute atomic E-state index is 0.0180. The summed E-state index contributed by atoms with van der Waals surface area (Å²) in [5, 5.41) is 0. The summed E-state index contributed by atoms with van der Waals surface area (Å²) in [7, 11) is 1.86. The normalized spacial score (nSPS) is 13.8. The van der Waals surface area contributed by atoms with Crippen LogP contribution >= 0.6 is 0 Å². The zero-order valence-corrected chi connectivity index (χ0v) is 9.63. The van der Waals surface area contributed by atoms with E-state index >= 15 is 0 Å². The van der Waals surface area contributed by atoms with E-state index in [0.29, 0.717) is 5.69 Å². The molecule has 0 unspecified atom stereocenters. The third-order valence-electron chi connectivity index (χ3n) is 3.06. The van der Waals surface area contributed by atoms with Crippen molar-refractivity contribution < 1.29 is 4.79 Å². The fraction of sp³-hybridized carbons (Fsp3) is 0.231. The van der Waals surface area contributed by atoms with E-state index in [1.54, 1.807) is 22.0 Å². The van der Waals surface area contributed by atoms with Crippen LogP contribution in [0, 0.1) is 0 Å². The van der Waals surface area contributed by atoms with E-state index in [1.165, 1.54) is 5.56 Å². The smallest absolute Gasteiger partial charge is 0.278 e. The second-order valence-corrected chi connectivity index (χ2v) is 4.26. The predicted molar refractivity (Wildman–Crippen MR) is 65.0 cm³/mol. The number of nitrogens with zero attached hydrogens (tertiary/aromatic N) is 3. The van der Waals surface area contributed by atoms with Crippen molar-refractivity contribution in [2.24, 2.45) is 7.05 Å². The number of aromatic nitrogens is 2. The first-order valence-electron chi connectivity index (χ1n) is 5.63. The van der Waals surface area contributed by atoms with Crippen LogP contribution in [-0.2, 0) is 13.5 Å². The number of fused-ring (bicyclic) bond motifs is 1. The summed E-state index contributed by atoms with van der Waals surface area (Å²) in [6.45, 7) is 0.745. The second kappa shape index (κ2) is 3.73. The molecule has 0 saturated carbocycles. The van der Waals surface area contributed by atoms with Crippen molar-refractivity contribution in [2.45, 2.75) is 6.42 Å². The van der Waals surface area contributed by atoms with Gasteiger partial charge in [0.2, 0.25) is 0 Å². The van der Waals surface area contributed by atoms with Crippen LogP contribution in [0.5, 0.6) is 0 Å². The van der Waals surface area contributed by atoms with Gasteiger partial charge < -0.3 is 9.47 Å². The number of benzene rings is 1. The molecule has 4 heteroatoms. The Kier molecular flexibility index (Phi) is 2.21. The fourth-order valence-corrected chi connectivity index (χ4v) is 2.21. The van der Waals surface area contributed by atoms with Gasteiger partial charge in [-0.1, -0.05) is 18.2 Å². The molecule has 0 fully saturated rings. The zero-order chi connectivity index (χ0) is 11.8. The minimum atomic E-state index is -0.0180. The van der Waals surface area contributed by atoms with E-state index in [4.69, 9.17) is 0 Å². The predicted octanol–water partition coefficient (Wildman–Crippen LogP) is 1.62. The molecule has 0 aliphatic carbocycles. The van der Waals surface area contributed by atoms with Crippen LogP contribution < -0.4 is 4.90 Å². The van der Waals surface area contributed by atoms with Gasteiger partial charge >= 0.3 is 0 Å². The second-order valence-electron chi connectivity index (χ2n) is 4.26. The number of imidazole rings is 1. The van der Waals surface area contributed by atoms with Crippen LogP contribution in [-0.4, -0.2) is 22.0 Å². The third kappa shape index (κ3) is 1.62. The lowest BCUT2D eigenvalue weighted by molar-refractivity contribution is 0.0985. The Bertz CT molecular complexity index is 574. The average Bonchev–Trinajstić information content (AvgIpc) is 2.94. The maximum Gasteiger partial charge on any atom is 0.278 e. The molecule has 1 aliphatic rings. The van der Waals surface area contributed by atoms with E-state index in [9.17, 15) is 4.79 Å². The number of hydrogen-bond donors (Lipinski definition) is 0. The highest BCUT2D eigenvalue weighted by atomic mass is 16.2. The number of para-hydroxylation sites is 1. The van der Waals surface area contributed by atoms with Crippen LogP contribution in [0.25, 0.3) is 0 Å². The van der Waals surface area contributed by atoms with Gasteiger partial charge in [0.1, 0.15) is 5.69 Å². The number of amides is 1. The molecule has 2 heterocycles. The summed E-state index contributed by atoms with van der Waals surface area (Å²) in [5.41, 5.74) is 2.75. The molecule has 3 rings (SSSR count). The topological polar surface area (TPSA) is 38.1 Å². The Morgan fingerprint density at radius 3 is 2.94 bits per heavy atom. The molecule has 86 valence electrons. The quantitative estimate of drug-likeness (QED) is 0.742. The standard InChI is InChI=1S/C13H13N3O/c1-15-8-11(14-9-15)13(17)16-7-6-10-4-2-3-5-12(10)16/h2-5,8-9H,6-7H2,1H3. The zero-order valence-electron chi connectivity index (χ0n) is 9.63. The third-order valence-corrected chi connectivity index (χ3v) is 3.06. The molecule has 1 aromatic carbocycles. The molecule has 0 saturated heterocycles. The maximum absolute atomic E-state index is 12.3. The van der Waals surface area contributed by atoms with Crippen molar-refractivity contribution in [1.29, 1.82) is 0 Å². The Morgan fingerprint density at radius 1 is 1.35 bits per heavy atom. The molecule has 1 aliphatic heterocycles. The fourth-order valence-electron chi connectivity index (χ4n) is 2.21. The van der Waals surface area contributed by atoms with Crippen LogP contribution in [0.15, 0.2) is 36.8 Å². The van der Waals surface area contributed by atoms with E-state index in [1.807, 2.05) is 25.2 Å². The van der Waals surface area contributed by atoms with Gasteiger partial charge in [-0.3, -0.25) is 4.79 Å². The van der Waals surface area contributed by atoms with E-state index in [-0.39, 0.29) is 5.91 Å². The molecule has 2 aromatic rings. The number of rotatable bonds is 1. The summed E-state index contributed by atoms with van der Waals surface area (Å²) >= 11 is 0. The van der Waals surface area contributed by atoms with Crippen LogP contribution in [0.4, 0.5) is 5.69 Å². The van der Waals surface area contributed by atoms with E-state index in [0.717, 1.165) is 18.7 Å². The molecule has 0 bridgehead atoms. The highest BCUT2D eigenvalue weighted by Crippen LogP contribution is 2.28. The van der Waals surface area contributed by atoms with Gasteiger partial charge in [-0.25, -0.2) is 4.98 Å². The average molecular weight is 227 g/mol. The first kappa shape index (κ1) is 10.1. The number of carbonyl (C=O) groups excluding carboxylic acids is 1. The molecular formula is C13H13N3O. The summed E-state index contributed by atoms with van der Waals surface area (Å²) < 4.78 is 1.79. The Hall–Kier alpha value is -2.10. The van der Waals surface area contributed by atoms with Gasteiger partial charge in [0, 0.05) is 25.5 Å². The van der Waals surface area contributed by atoms with Crippen LogP contribution in [0.3, 0.4) is 0 Å². The number of aryl methyl sites for hydroxylation is 1. The van der Waals surface area contributed by atoms with Gasteiger partial charge in [-0.15, -0.1) is 0 Å². The summed E-state index contributed by atoms with van der Waals surface area (Å²) in [6, 6.07) is 8.03. The Balaban J connectivity index is 1.95. The van der Waals surface area contributed by atoms with Crippen molar-refractivity contribution in [2.75, 3.05) is 11.4 Å². The van der Waals surface area contributed by atoms with Gasteiger partial charge in [0.15, 0.2) is 0 Å². The molecule has 0 atom stereocenters. The first-order chi connectivity index (χ1) is 8.25. The van der Waals surface area contributed by atoms with E-state index < -0.39 is 0 Å². The van der Waals surface area contributed by atoms with Crippen LogP contribution in [0.2, 0.25) is 0 Å². The summed E-state index contributed by atoms with van der Waals surface area (Å²) in [6.07, 6.45) is 4.33. The van der Waals surface area contributed by atoms with Crippen molar-refractivity contribution in [3.63, 3.8) is 0 Å². The van der Waals surface area contributed by atoms with E-state index in [2.05, 4.69) is 11.1 Å². The molecule has 1 aromatic heterocycles. The maximum atomic E-state index is 12.3. The highest BCUT2D eigenvalue weighted by molar-refractivity contribution is 6.05. The minimum Gasteiger partial charge on any atom is -0.340 e. The van der Waals surface area contributed by atoms with Crippen molar-refractivity contribution >= 4 is 11.6 Å². The van der Waals surface area contributed by atoms with Crippen molar-refractivity contribution in [3.05, 3.63) is 48.0 Å². The highest BCUT2D eigenvalue weighted by Gasteiger charge is 2.26. The van der Waals surface area contributed by atoms with Gasteiger partial charge in [0.05, 0.1) is 6.33 Å². The first-order valence-corrected chi connectivity index (χ1v) is 5.63. The summed E-state index contributed by atoms with van der Waals surface area (Å²) in [5.74, 6) is -0.0180. The summed E-state index contributed by atoms with van der Waals surface area (Å²) in [4.78, 5) is 18.2. The lowest BCUT2D eigenvalue weighted by Crippen LogP contribution is -2.29. The molecule has 1 amide bonds. The SMILES string of the molecule is Cn1cnc(C(=O)N2CCc3ccccc32)c1. The number of hydrogen-bond acceptors (Lipinski definition) is 2. The lowest BCUT2D eigenvalue weighted by atomic mass is 10.2. The molecule has 0 spiro atoms. The Labute approximate surface area is 99.5 Å². The Morgan fingerprint density at radius 2 is 2.18 bits per heavy atom. The molecule has 0 N–H and O–H groups in total. The van der Waals surface area contributed by atoms with Crippen molar-refractivity contribution in [3.8, 4) is 0 Å². The lowest BCUT2D eigenvalue weighted by Gasteiger charge is -2.15.